The van der Waals surface area contributed by atoms with Crippen LogP contribution in [0.3, 0.4) is 0 Å². The number of ether oxygens (including phenoxy) is 1. The zero-order valence-electron chi connectivity index (χ0n) is 9.07. The minimum atomic E-state index is -0.837. The smallest absolute Gasteiger partial charge is 0.141 e. The molecule has 15 heavy (non-hydrogen) atoms. The number of hydrogen-bond donors (Lipinski definition) is 0. The van der Waals surface area contributed by atoms with E-state index in [0.717, 1.165) is 6.54 Å². The number of alkyl halides is 1. The SMILES string of the molecule is Cc1ccc(CN(C)C2COCC2F)s1. The normalized spacial score (nSPS) is 26.4. The standard InChI is InChI=1S/C11H16FNOS/c1-8-3-4-9(15-8)5-13(2)11-7-14-6-10(11)12/h3-4,10-11H,5-7H2,1-2H3. The monoisotopic (exact) mass is 229 g/mol. The van der Waals surface area contributed by atoms with Gasteiger partial charge in [0.1, 0.15) is 6.17 Å². The molecule has 0 saturated carbocycles. The molecule has 0 spiro atoms. The Kier molecular flexibility index (Phi) is 3.38. The third-order valence-electron chi connectivity index (χ3n) is 2.75. The number of rotatable bonds is 3. The summed E-state index contributed by atoms with van der Waals surface area (Å²) in [6, 6.07) is 4.14. The predicted molar refractivity (Wildman–Crippen MR) is 60.0 cm³/mol. The molecule has 0 radical (unpaired) electrons. The molecule has 0 aliphatic carbocycles. The number of aryl methyl sites for hydroxylation is 1. The van der Waals surface area contributed by atoms with E-state index in [4.69, 9.17) is 4.74 Å². The quantitative estimate of drug-likeness (QED) is 0.788. The molecule has 4 heteroatoms. The molecule has 0 N–H and O–H groups in total. The Labute approximate surface area is 93.7 Å². The zero-order valence-corrected chi connectivity index (χ0v) is 9.89. The van der Waals surface area contributed by atoms with E-state index in [-0.39, 0.29) is 12.6 Å². The van der Waals surface area contributed by atoms with E-state index in [1.807, 2.05) is 11.9 Å². The average Bonchev–Trinajstić information content (AvgIpc) is 2.75. The van der Waals surface area contributed by atoms with Gasteiger partial charge >= 0.3 is 0 Å². The maximum atomic E-state index is 13.4. The molecule has 0 amide bonds. The first-order chi connectivity index (χ1) is 7.16. The molecule has 2 unspecified atom stereocenters. The van der Waals surface area contributed by atoms with Gasteiger partial charge in [0, 0.05) is 16.3 Å². The van der Waals surface area contributed by atoms with Crippen LogP contribution in [0.5, 0.6) is 0 Å². The van der Waals surface area contributed by atoms with Crippen molar-refractivity contribution in [3.63, 3.8) is 0 Å². The Bertz CT molecular complexity index is 328. The third kappa shape index (κ3) is 2.56. The Morgan fingerprint density at radius 2 is 2.33 bits per heavy atom. The van der Waals surface area contributed by atoms with Gasteiger partial charge in [-0.1, -0.05) is 0 Å². The van der Waals surface area contributed by atoms with Crippen molar-refractivity contribution in [2.75, 3.05) is 20.3 Å². The minimum absolute atomic E-state index is 0.0765. The lowest BCUT2D eigenvalue weighted by molar-refractivity contribution is 0.154. The topological polar surface area (TPSA) is 12.5 Å². The first-order valence-corrected chi connectivity index (χ1v) is 5.96. The summed E-state index contributed by atoms with van der Waals surface area (Å²) in [6.45, 7) is 3.66. The maximum Gasteiger partial charge on any atom is 0.141 e. The number of halogens is 1. The van der Waals surface area contributed by atoms with Crippen LogP contribution in [0.15, 0.2) is 12.1 Å². The zero-order chi connectivity index (χ0) is 10.8. The molecule has 2 heterocycles. The summed E-state index contributed by atoms with van der Waals surface area (Å²) >= 11 is 1.77. The van der Waals surface area contributed by atoms with Crippen molar-refractivity contribution in [1.82, 2.24) is 4.90 Å². The highest BCUT2D eigenvalue weighted by Crippen LogP contribution is 2.21. The van der Waals surface area contributed by atoms with Gasteiger partial charge < -0.3 is 4.74 Å². The summed E-state index contributed by atoms with van der Waals surface area (Å²) < 4.78 is 18.5. The minimum Gasteiger partial charge on any atom is -0.377 e. The molecular weight excluding hydrogens is 213 g/mol. The first-order valence-electron chi connectivity index (χ1n) is 5.14. The molecule has 0 aromatic carbocycles. The van der Waals surface area contributed by atoms with Crippen molar-refractivity contribution >= 4 is 11.3 Å². The van der Waals surface area contributed by atoms with Gasteiger partial charge in [-0.3, -0.25) is 4.90 Å². The van der Waals surface area contributed by atoms with Crippen molar-refractivity contribution in [2.24, 2.45) is 0 Å². The lowest BCUT2D eigenvalue weighted by Crippen LogP contribution is -2.37. The van der Waals surface area contributed by atoms with E-state index < -0.39 is 6.17 Å². The highest BCUT2D eigenvalue weighted by molar-refractivity contribution is 7.11. The van der Waals surface area contributed by atoms with Gasteiger partial charge in [-0.15, -0.1) is 11.3 Å². The second-order valence-corrected chi connectivity index (χ2v) is 5.42. The Balaban J connectivity index is 1.94. The van der Waals surface area contributed by atoms with E-state index in [1.54, 1.807) is 11.3 Å². The highest BCUT2D eigenvalue weighted by Gasteiger charge is 2.31. The van der Waals surface area contributed by atoms with Gasteiger partial charge in [-0.05, 0) is 26.1 Å². The van der Waals surface area contributed by atoms with Crippen molar-refractivity contribution in [2.45, 2.75) is 25.7 Å². The highest BCUT2D eigenvalue weighted by atomic mass is 32.1. The van der Waals surface area contributed by atoms with Crippen LogP contribution in [0, 0.1) is 6.92 Å². The summed E-state index contributed by atoms with van der Waals surface area (Å²) in [5.74, 6) is 0. The summed E-state index contributed by atoms with van der Waals surface area (Å²) in [5.41, 5.74) is 0. The van der Waals surface area contributed by atoms with Crippen LogP contribution in [0.1, 0.15) is 9.75 Å². The van der Waals surface area contributed by atoms with Crippen LogP contribution < -0.4 is 0 Å². The maximum absolute atomic E-state index is 13.4. The van der Waals surface area contributed by atoms with Gasteiger partial charge in [-0.25, -0.2) is 4.39 Å². The fourth-order valence-electron chi connectivity index (χ4n) is 1.85. The first kappa shape index (κ1) is 11.0. The van der Waals surface area contributed by atoms with Gasteiger partial charge in [0.15, 0.2) is 0 Å². The number of hydrogen-bond acceptors (Lipinski definition) is 3. The van der Waals surface area contributed by atoms with Crippen LogP contribution >= 0.6 is 11.3 Å². The van der Waals surface area contributed by atoms with Gasteiger partial charge in [0.25, 0.3) is 0 Å². The number of nitrogens with zero attached hydrogens (tertiary/aromatic N) is 1. The molecule has 1 fully saturated rings. The Morgan fingerprint density at radius 3 is 2.87 bits per heavy atom. The molecule has 1 aromatic heterocycles. The largest absolute Gasteiger partial charge is 0.377 e. The van der Waals surface area contributed by atoms with E-state index in [9.17, 15) is 4.39 Å². The molecule has 1 aliphatic heterocycles. The van der Waals surface area contributed by atoms with E-state index in [2.05, 4.69) is 19.1 Å². The summed E-state index contributed by atoms with van der Waals surface area (Å²) in [5, 5.41) is 0. The van der Waals surface area contributed by atoms with E-state index in [1.165, 1.54) is 9.75 Å². The summed E-state index contributed by atoms with van der Waals surface area (Å²) in [7, 11) is 1.96. The van der Waals surface area contributed by atoms with E-state index >= 15 is 0 Å². The number of thiophene rings is 1. The van der Waals surface area contributed by atoms with Crippen molar-refractivity contribution in [3.8, 4) is 0 Å². The molecule has 2 rings (SSSR count). The van der Waals surface area contributed by atoms with Crippen LogP contribution in [0.25, 0.3) is 0 Å². The predicted octanol–water partition coefficient (Wildman–Crippen LogP) is 2.23. The second-order valence-electron chi connectivity index (χ2n) is 4.05. The molecule has 2 atom stereocenters. The van der Waals surface area contributed by atoms with Crippen LogP contribution in [0.2, 0.25) is 0 Å². The van der Waals surface area contributed by atoms with Gasteiger partial charge in [0.05, 0.1) is 19.3 Å². The summed E-state index contributed by atoms with van der Waals surface area (Å²) in [6.07, 6.45) is -0.837. The van der Waals surface area contributed by atoms with Crippen molar-refractivity contribution in [1.29, 1.82) is 0 Å². The molecule has 84 valence electrons. The molecule has 1 saturated heterocycles. The molecule has 2 nitrogen and oxygen atoms in total. The Hall–Kier alpha value is -0.450. The second kappa shape index (κ2) is 4.60. The van der Waals surface area contributed by atoms with Crippen LogP contribution in [0.4, 0.5) is 4.39 Å². The fourth-order valence-corrected chi connectivity index (χ4v) is 2.81. The molecule has 1 aliphatic rings. The summed E-state index contributed by atoms with van der Waals surface area (Å²) in [4.78, 5) is 4.63. The lowest BCUT2D eigenvalue weighted by Gasteiger charge is -2.23. The fraction of sp³-hybridized carbons (Fsp3) is 0.636. The van der Waals surface area contributed by atoms with Crippen molar-refractivity contribution in [3.05, 3.63) is 21.9 Å². The van der Waals surface area contributed by atoms with E-state index in [0.29, 0.717) is 6.61 Å². The third-order valence-corrected chi connectivity index (χ3v) is 3.74. The Morgan fingerprint density at radius 1 is 1.53 bits per heavy atom. The molecule has 1 aromatic rings. The van der Waals surface area contributed by atoms with Crippen molar-refractivity contribution < 1.29 is 9.13 Å². The van der Waals surface area contributed by atoms with Crippen LogP contribution in [-0.4, -0.2) is 37.4 Å². The van der Waals surface area contributed by atoms with Gasteiger partial charge in [0.2, 0.25) is 0 Å². The molecular formula is C11H16FNOS. The van der Waals surface area contributed by atoms with Gasteiger partial charge in [-0.2, -0.15) is 0 Å². The number of likely N-dealkylation sites (N-methyl/N-ethyl adjacent to an activating group) is 1. The van der Waals surface area contributed by atoms with Crippen LogP contribution in [-0.2, 0) is 11.3 Å². The lowest BCUT2D eigenvalue weighted by atomic mass is 10.2. The molecule has 0 bridgehead atoms. The average molecular weight is 229 g/mol.